The molecule has 0 unspecified atom stereocenters. The first-order chi connectivity index (χ1) is 10.1. The lowest BCUT2D eigenvalue weighted by Gasteiger charge is -2.13. The summed E-state index contributed by atoms with van der Waals surface area (Å²) in [4.78, 5) is 36.3. The van der Waals surface area contributed by atoms with Gasteiger partial charge in [-0.05, 0) is 19.1 Å². The molecule has 1 aliphatic carbocycles. The van der Waals surface area contributed by atoms with E-state index < -0.39 is 17.2 Å². The average Bonchev–Trinajstić information content (AvgIpc) is 2.83. The molecule has 1 aliphatic rings. The number of hydrogen-bond acceptors (Lipinski definition) is 5. The topological polar surface area (TPSA) is 81.3 Å². The summed E-state index contributed by atoms with van der Waals surface area (Å²) in [6.45, 7) is 2.03. The quantitative estimate of drug-likeness (QED) is 0.930. The fourth-order valence-electron chi connectivity index (χ4n) is 2.25. The first-order valence-electron chi connectivity index (χ1n) is 6.48. The normalized spacial score (nSPS) is 13.9. The second-order valence-electron chi connectivity index (χ2n) is 4.54. The Morgan fingerprint density at radius 1 is 1.14 bits per heavy atom. The molecule has 0 radical (unpaired) electrons. The summed E-state index contributed by atoms with van der Waals surface area (Å²) in [6, 6.07) is 8.94. The van der Waals surface area contributed by atoms with Gasteiger partial charge in [0.1, 0.15) is 11.3 Å². The van der Waals surface area contributed by atoms with Gasteiger partial charge in [-0.25, -0.2) is 9.53 Å². The summed E-state index contributed by atoms with van der Waals surface area (Å²) in [5.41, 5.74) is -0.243. The zero-order valence-electron chi connectivity index (χ0n) is 11.3. The van der Waals surface area contributed by atoms with Crippen molar-refractivity contribution in [2.45, 2.75) is 13.5 Å². The largest absolute Gasteiger partial charge is 0.369 e. The maximum Gasteiger partial charge on any atom is 0.369 e. The summed E-state index contributed by atoms with van der Waals surface area (Å²) in [5, 5.41) is 2.86. The highest BCUT2D eigenvalue weighted by atomic mass is 16.5. The number of nitrogens with zero attached hydrogens (tertiary/aromatic N) is 1. The molecular weight excluding hydrogens is 272 g/mol. The van der Waals surface area contributed by atoms with Crippen LogP contribution >= 0.6 is 0 Å². The molecule has 1 heterocycles. The number of carbonyl (C=O) groups excluding carboxylic acids is 2. The van der Waals surface area contributed by atoms with E-state index in [0.29, 0.717) is 12.2 Å². The number of aryl methyl sites for hydroxylation is 1. The third-order valence-electron chi connectivity index (χ3n) is 3.20. The van der Waals surface area contributed by atoms with Crippen LogP contribution in [0.15, 0.2) is 51.4 Å². The minimum atomic E-state index is -0.786. The van der Waals surface area contributed by atoms with E-state index in [2.05, 4.69) is 5.32 Å². The van der Waals surface area contributed by atoms with Gasteiger partial charge < -0.3 is 9.84 Å². The van der Waals surface area contributed by atoms with Crippen molar-refractivity contribution in [1.82, 2.24) is 4.74 Å². The Morgan fingerprint density at radius 3 is 2.52 bits per heavy atom. The molecule has 0 amide bonds. The van der Waals surface area contributed by atoms with E-state index in [-0.39, 0.29) is 17.0 Å². The molecule has 0 saturated heterocycles. The van der Waals surface area contributed by atoms with Crippen LogP contribution in [-0.4, -0.2) is 16.3 Å². The van der Waals surface area contributed by atoms with E-state index in [1.165, 1.54) is 6.08 Å². The molecule has 0 aliphatic heterocycles. The predicted molar refractivity (Wildman–Crippen MR) is 75.5 cm³/mol. The lowest BCUT2D eigenvalue weighted by Crippen LogP contribution is -2.25. The van der Waals surface area contributed by atoms with Gasteiger partial charge in [-0.2, -0.15) is 0 Å². The van der Waals surface area contributed by atoms with E-state index in [4.69, 9.17) is 4.52 Å². The molecule has 3 rings (SSSR count). The third kappa shape index (κ3) is 2.10. The number of hydrogen-bond donors (Lipinski definition) is 1. The van der Waals surface area contributed by atoms with Crippen molar-refractivity contribution in [3.8, 4) is 0 Å². The van der Waals surface area contributed by atoms with Crippen LogP contribution in [0.1, 0.15) is 27.8 Å². The van der Waals surface area contributed by atoms with Crippen molar-refractivity contribution in [2.24, 2.45) is 0 Å². The lowest BCUT2D eigenvalue weighted by atomic mass is 9.99. The Morgan fingerprint density at radius 2 is 1.86 bits per heavy atom. The number of ketones is 2. The standard InChI is InChI=1S/C15H12N2O4/c1-2-17-13-11(18)8-10(14(19)12(13)15(20)21-17)16-9-6-4-3-5-7-9/h3-8,16H,2H2,1H3. The molecule has 1 N–H and O–H groups in total. The van der Waals surface area contributed by atoms with E-state index in [1.54, 1.807) is 31.2 Å². The van der Waals surface area contributed by atoms with Crippen LogP contribution in [0, 0.1) is 0 Å². The van der Waals surface area contributed by atoms with Gasteiger partial charge in [0.25, 0.3) is 0 Å². The number of aromatic nitrogens is 1. The summed E-state index contributed by atoms with van der Waals surface area (Å²) >= 11 is 0. The fraction of sp³-hybridized carbons (Fsp3) is 0.133. The molecular formula is C15H12N2O4. The number of allylic oxidation sites excluding steroid dienone is 2. The molecule has 2 aromatic rings. The molecule has 6 nitrogen and oxygen atoms in total. The van der Waals surface area contributed by atoms with Crippen LogP contribution in [0.3, 0.4) is 0 Å². The van der Waals surface area contributed by atoms with Gasteiger partial charge in [0.15, 0.2) is 0 Å². The number of nitrogens with one attached hydrogen (secondary N) is 1. The zero-order chi connectivity index (χ0) is 15.0. The van der Waals surface area contributed by atoms with Crippen molar-refractivity contribution in [3.05, 3.63) is 63.8 Å². The number of rotatable bonds is 3. The van der Waals surface area contributed by atoms with Crippen molar-refractivity contribution in [1.29, 1.82) is 0 Å². The Bertz CT molecular complexity index is 812. The molecule has 21 heavy (non-hydrogen) atoms. The highest BCUT2D eigenvalue weighted by molar-refractivity contribution is 6.24. The smallest absolute Gasteiger partial charge is 0.352 e. The summed E-state index contributed by atoms with van der Waals surface area (Å²) in [6.07, 6.45) is 1.19. The van der Waals surface area contributed by atoms with Crippen molar-refractivity contribution in [3.63, 3.8) is 0 Å². The number of para-hydroxylation sites is 1. The predicted octanol–water partition coefficient (Wildman–Crippen LogP) is 1.84. The SMILES string of the molecule is CCn1oc(=O)c2c1C(=O)C=C(Nc1ccccc1)C2=O. The fourth-order valence-corrected chi connectivity index (χ4v) is 2.25. The second kappa shape index (κ2) is 4.90. The molecule has 0 saturated carbocycles. The molecule has 6 heteroatoms. The van der Waals surface area contributed by atoms with Gasteiger partial charge in [0, 0.05) is 11.8 Å². The Labute approximate surface area is 119 Å². The lowest BCUT2D eigenvalue weighted by molar-refractivity contribution is 0.0976. The van der Waals surface area contributed by atoms with Gasteiger partial charge in [0.2, 0.25) is 11.6 Å². The number of fused-ring (bicyclic) bond motifs is 1. The minimum absolute atomic E-state index is 0.0195. The number of carbonyl (C=O) groups is 2. The van der Waals surface area contributed by atoms with Crippen LogP contribution in [0.5, 0.6) is 0 Å². The van der Waals surface area contributed by atoms with Crippen LogP contribution in [-0.2, 0) is 6.54 Å². The van der Waals surface area contributed by atoms with Gasteiger partial charge >= 0.3 is 5.63 Å². The molecule has 0 fully saturated rings. The number of Topliss-reactive ketones (excluding diaryl/α,β-unsaturated/α-hetero) is 1. The summed E-state index contributed by atoms with van der Waals surface area (Å²) in [5.74, 6) is -0.954. The van der Waals surface area contributed by atoms with E-state index in [1.807, 2.05) is 6.07 Å². The van der Waals surface area contributed by atoms with Crippen LogP contribution in [0.25, 0.3) is 0 Å². The van der Waals surface area contributed by atoms with Crippen molar-refractivity contribution in [2.75, 3.05) is 5.32 Å². The average molecular weight is 284 g/mol. The molecule has 1 aromatic heterocycles. The van der Waals surface area contributed by atoms with E-state index in [9.17, 15) is 14.4 Å². The molecule has 1 aromatic carbocycles. The van der Waals surface area contributed by atoms with Crippen LogP contribution in [0.2, 0.25) is 0 Å². The van der Waals surface area contributed by atoms with Gasteiger partial charge in [0.05, 0.1) is 12.2 Å². The van der Waals surface area contributed by atoms with Gasteiger partial charge in [-0.15, -0.1) is 0 Å². The van der Waals surface area contributed by atoms with E-state index >= 15 is 0 Å². The Hall–Kier alpha value is -2.89. The highest BCUT2D eigenvalue weighted by Crippen LogP contribution is 2.21. The van der Waals surface area contributed by atoms with Crippen LogP contribution < -0.4 is 10.9 Å². The van der Waals surface area contributed by atoms with Gasteiger partial charge in [-0.3, -0.25) is 9.59 Å². The van der Waals surface area contributed by atoms with Gasteiger partial charge in [-0.1, -0.05) is 18.2 Å². The summed E-state index contributed by atoms with van der Waals surface area (Å²) in [7, 11) is 0. The number of anilines is 1. The Balaban J connectivity index is 2.04. The molecule has 106 valence electrons. The maximum absolute atomic E-state index is 12.4. The molecule has 0 atom stereocenters. The minimum Gasteiger partial charge on any atom is -0.352 e. The highest BCUT2D eigenvalue weighted by Gasteiger charge is 2.33. The van der Waals surface area contributed by atoms with Crippen LogP contribution in [0.4, 0.5) is 5.69 Å². The maximum atomic E-state index is 12.4. The Kier molecular flexibility index (Phi) is 3.06. The molecule has 0 bridgehead atoms. The van der Waals surface area contributed by atoms with E-state index in [0.717, 1.165) is 4.74 Å². The van der Waals surface area contributed by atoms with Crippen molar-refractivity contribution >= 4 is 17.3 Å². The second-order valence-corrected chi connectivity index (χ2v) is 4.54. The first kappa shape index (κ1) is 13.1. The third-order valence-corrected chi connectivity index (χ3v) is 3.20. The molecule has 0 spiro atoms. The van der Waals surface area contributed by atoms with Crippen molar-refractivity contribution < 1.29 is 14.1 Å². The first-order valence-corrected chi connectivity index (χ1v) is 6.48. The summed E-state index contributed by atoms with van der Waals surface area (Å²) < 4.78 is 6.06. The zero-order valence-corrected chi connectivity index (χ0v) is 11.3. The number of benzene rings is 1. The monoisotopic (exact) mass is 284 g/mol.